The topological polar surface area (TPSA) is 202 Å². The number of H-pyrrole nitrogens is 1. The lowest BCUT2D eigenvalue weighted by Gasteiger charge is -2.26. The van der Waals surface area contributed by atoms with Gasteiger partial charge in [-0.05, 0) is 63.2 Å². The van der Waals surface area contributed by atoms with E-state index in [4.69, 9.17) is 23.6 Å². The average molecular weight is 850 g/mol. The van der Waals surface area contributed by atoms with E-state index in [9.17, 15) is 21.2 Å². The molecule has 5 heterocycles. The Kier molecular flexibility index (Phi) is 13.4. The fourth-order valence-corrected chi connectivity index (χ4v) is 7.86. The highest BCUT2D eigenvalue weighted by molar-refractivity contribution is 7.86. The van der Waals surface area contributed by atoms with Gasteiger partial charge in [-0.25, -0.2) is 18.9 Å². The molecule has 0 atom stereocenters. The van der Waals surface area contributed by atoms with Gasteiger partial charge >= 0.3 is 0 Å². The Hall–Kier alpha value is -5.41. The molecule has 1 fully saturated rings. The van der Waals surface area contributed by atoms with Gasteiger partial charge in [0.1, 0.15) is 34.4 Å². The molecule has 1 aliphatic rings. The van der Waals surface area contributed by atoms with Crippen LogP contribution in [-0.4, -0.2) is 100 Å². The smallest absolute Gasteiger partial charge is 0.294 e. The van der Waals surface area contributed by atoms with Crippen molar-refractivity contribution in [3.8, 4) is 38.3 Å². The van der Waals surface area contributed by atoms with Gasteiger partial charge in [0.15, 0.2) is 5.82 Å². The van der Waals surface area contributed by atoms with E-state index >= 15 is 0 Å². The van der Waals surface area contributed by atoms with E-state index in [1.807, 2.05) is 43.6 Å². The molecule has 0 saturated carbocycles. The Morgan fingerprint density at radius 1 is 0.879 bits per heavy atom. The van der Waals surface area contributed by atoms with Crippen LogP contribution in [0.4, 0.5) is 4.39 Å². The summed E-state index contributed by atoms with van der Waals surface area (Å²) in [5, 5.41) is 12.3. The lowest BCUT2D eigenvalue weighted by Crippen LogP contribution is -2.38. The number of morpholine rings is 1. The molecular weight excluding hydrogens is 810 g/mol. The number of benzene rings is 3. The van der Waals surface area contributed by atoms with Crippen molar-refractivity contribution in [2.75, 3.05) is 39.5 Å². The van der Waals surface area contributed by atoms with Crippen LogP contribution in [0, 0.1) is 26.6 Å². The van der Waals surface area contributed by atoms with Gasteiger partial charge in [-0.2, -0.15) is 27.0 Å². The molecule has 0 radical (unpaired) electrons. The third-order valence-electron chi connectivity index (χ3n) is 8.79. The Morgan fingerprint density at radius 2 is 1.50 bits per heavy atom. The summed E-state index contributed by atoms with van der Waals surface area (Å²) in [5.74, 6) is 0.883. The SMILES string of the molecule is Cc1ccc(S(=O)(=O)O)cc1.Cc1ccc(S(=O)(=O)O)cc1.Cc1nn2ccc(OCCN3CCOCC3)cc2c1-c1nc(-c2ccccc2F)c(-c2nc[nH]n2)s1. The predicted molar refractivity (Wildman–Crippen MR) is 217 cm³/mol. The van der Waals surface area contributed by atoms with Crippen LogP contribution >= 0.6 is 11.3 Å². The second-order valence-corrected chi connectivity index (χ2v) is 16.9. The highest BCUT2D eigenvalue weighted by Gasteiger charge is 2.24. The van der Waals surface area contributed by atoms with Crippen LogP contribution in [0.25, 0.3) is 38.0 Å². The molecule has 0 bridgehead atoms. The Labute approximate surface area is 338 Å². The number of aromatic amines is 1. The van der Waals surface area contributed by atoms with Gasteiger partial charge in [-0.3, -0.25) is 19.1 Å². The summed E-state index contributed by atoms with van der Waals surface area (Å²) in [6.07, 6.45) is 3.39. The largest absolute Gasteiger partial charge is 0.492 e. The molecule has 3 N–H and O–H groups in total. The van der Waals surface area contributed by atoms with Crippen molar-refractivity contribution < 1.29 is 39.8 Å². The van der Waals surface area contributed by atoms with Gasteiger partial charge in [-0.15, -0.1) is 11.3 Å². The van der Waals surface area contributed by atoms with Gasteiger partial charge in [0, 0.05) is 37.5 Å². The molecule has 0 spiro atoms. The van der Waals surface area contributed by atoms with Crippen molar-refractivity contribution in [3.05, 3.63) is 120 Å². The number of hydrogen-bond donors (Lipinski definition) is 3. The molecule has 15 nitrogen and oxygen atoms in total. The van der Waals surface area contributed by atoms with Gasteiger partial charge in [0.25, 0.3) is 20.2 Å². The molecule has 4 aromatic heterocycles. The minimum absolute atomic E-state index is 0.0666. The van der Waals surface area contributed by atoms with Crippen LogP contribution in [0.5, 0.6) is 5.75 Å². The lowest BCUT2D eigenvalue weighted by atomic mass is 10.1. The van der Waals surface area contributed by atoms with Crippen LogP contribution in [0.15, 0.2) is 107 Å². The van der Waals surface area contributed by atoms with E-state index in [0.717, 1.165) is 66.5 Å². The zero-order chi connectivity index (χ0) is 41.5. The van der Waals surface area contributed by atoms with Gasteiger partial charge in [0.2, 0.25) is 0 Å². The van der Waals surface area contributed by atoms with Crippen molar-refractivity contribution in [2.24, 2.45) is 0 Å². The van der Waals surface area contributed by atoms with Crippen molar-refractivity contribution in [1.82, 2.24) is 34.7 Å². The first-order valence-electron chi connectivity index (χ1n) is 17.8. The monoisotopic (exact) mass is 849 g/mol. The van der Waals surface area contributed by atoms with Crippen LogP contribution in [0.2, 0.25) is 0 Å². The summed E-state index contributed by atoms with van der Waals surface area (Å²) in [7, 11) is -8.04. The van der Waals surface area contributed by atoms with E-state index in [1.165, 1.54) is 48.0 Å². The molecule has 0 unspecified atom stereocenters. The molecule has 0 aliphatic carbocycles. The molecule has 1 aliphatic heterocycles. The Bertz CT molecular complexity index is 2610. The van der Waals surface area contributed by atoms with Crippen LogP contribution in [0.1, 0.15) is 16.8 Å². The predicted octanol–water partition coefficient (Wildman–Crippen LogP) is 6.55. The number of fused-ring (bicyclic) bond motifs is 1. The quantitative estimate of drug-likeness (QED) is 0.132. The second kappa shape index (κ2) is 18.5. The third kappa shape index (κ3) is 10.7. The van der Waals surface area contributed by atoms with Crippen LogP contribution in [-0.2, 0) is 25.0 Å². The van der Waals surface area contributed by atoms with Gasteiger partial charge < -0.3 is 9.47 Å². The van der Waals surface area contributed by atoms with E-state index in [1.54, 1.807) is 42.5 Å². The van der Waals surface area contributed by atoms with E-state index in [2.05, 4.69) is 25.2 Å². The Morgan fingerprint density at radius 3 is 2.07 bits per heavy atom. The first kappa shape index (κ1) is 42.2. The minimum Gasteiger partial charge on any atom is -0.492 e. The standard InChI is InChI=1S/C25H24FN7O2S.2C7H8O3S/c1-16-21(20-14-17(6-7-33(20)31-16)35-13-10-32-8-11-34-12-9-32)25-29-22(18-4-2-3-5-19(18)26)23(36-25)24-27-15-28-30-24;2*1-6-2-4-7(5-3-6)11(8,9)10/h2-7,14-15H,8-13H2,1H3,(H,27,28,30);2*2-5H,1H3,(H,8,9,10). The number of hydrogen-bond acceptors (Lipinski definition) is 12. The molecular formula is C39H40FN7O8S3. The number of nitrogens with one attached hydrogen (secondary N) is 1. The number of ether oxygens (including phenoxy) is 2. The summed E-state index contributed by atoms with van der Waals surface area (Å²) in [4.78, 5) is 12.1. The van der Waals surface area contributed by atoms with Crippen molar-refractivity contribution in [3.63, 3.8) is 0 Å². The first-order chi connectivity index (χ1) is 27.7. The van der Waals surface area contributed by atoms with Crippen LogP contribution in [0.3, 0.4) is 0 Å². The summed E-state index contributed by atoms with van der Waals surface area (Å²) in [6, 6.07) is 22.5. The maximum atomic E-state index is 14.8. The summed E-state index contributed by atoms with van der Waals surface area (Å²) < 4.78 is 87.2. The number of aryl methyl sites for hydroxylation is 3. The normalized spacial score (nSPS) is 13.3. The molecule has 3 aromatic carbocycles. The number of rotatable bonds is 9. The fraction of sp³-hybridized carbons (Fsp3) is 0.231. The number of aromatic nitrogens is 6. The van der Waals surface area contributed by atoms with E-state index in [-0.39, 0.29) is 15.6 Å². The fourth-order valence-electron chi connectivity index (χ4n) is 5.77. The van der Waals surface area contributed by atoms with E-state index < -0.39 is 20.2 Å². The molecule has 0 amide bonds. The van der Waals surface area contributed by atoms with Gasteiger partial charge in [-0.1, -0.05) is 47.5 Å². The zero-order valence-corrected chi connectivity index (χ0v) is 34.1. The second-order valence-electron chi connectivity index (χ2n) is 13.0. The Balaban J connectivity index is 0.000000210. The van der Waals surface area contributed by atoms with E-state index in [0.29, 0.717) is 33.6 Å². The van der Waals surface area contributed by atoms with Gasteiger partial charge in [0.05, 0.1) is 45.5 Å². The molecule has 1 saturated heterocycles. The number of nitrogens with zero attached hydrogens (tertiary/aromatic N) is 6. The number of pyridine rings is 1. The molecule has 8 rings (SSSR count). The summed E-state index contributed by atoms with van der Waals surface area (Å²) >= 11 is 1.41. The molecule has 58 heavy (non-hydrogen) atoms. The third-order valence-corrected chi connectivity index (χ3v) is 11.6. The minimum atomic E-state index is -4.02. The number of halogens is 1. The highest BCUT2D eigenvalue weighted by atomic mass is 32.2. The average Bonchev–Trinajstić information content (AvgIpc) is 3.94. The first-order valence-corrected chi connectivity index (χ1v) is 21.5. The molecule has 304 valence electrons. The maximum Gasteiger partial charge on any atom is 0.294 e. The highest BCUT2D eigenvalue weighted by Crippen LogP contribution is 2.42. The maximum absolute atomic E-state index is 14.8. The zero-order valence-electron chi connectivity index (χ0n) is 31.6. The number of thiazole rings is 1. The van der Waals surface area contributed by atoms with Crippen LogP contribution < -0.4 is 4.74 Å². The van der Waals surface area contributed by atoms with Crippen molar-refractivity contribution in [1.29, 1.82) is 0 Å². The molecule has 19 heteroatoms. The summed E-state index contributed by atoms with van der Waals surface area (Å²) in [5.41, 5.74) is 5.38. The molecule has 7 aromatic rings. The van der Waals surface area contributed by atoms with Crippen molar-refractivity contribution in [2.45, 2.75) is 30.6 Å². The van der Waals surface area contributed by atoms with Crippen molar-refractivity contribution >= 4 is 37.1 Å². The lowest BCUT2D eigenvalue weighted by molar-refractivity contribution is 0.0322. The summed E-state index contributed by atoms with van der Waals surface area (Å²) in [6.45, 7) is 10.4.